The minimum atomic E-state index is -0.544. The van der Waals surface area contributed by atoms with Crippen LogP contribution in [0, 0.1) is 11.8 Å². The Hall–Kier alpha value is -3.42. The topological polar surface area (TPSA) is 35.5 Å². The number of ether oxygens (including phenoxy) is 2. The number of carbonyl (C=O) groups is 1. The molecule has 3 nitrogen and oxygen atoms in total. The Labute approximate surface area is 225 Å². The van der Waals surface area contributed by atoms with E-state index in [0.29, 0.717) is 12.2 Å². The number of esters is 1. The highest BCUT2D eigenvalue weighted by Gasteiger charge is 2.13. The molecule has 0 aliphatic carbocycles. The predicted molar refractivity (Wildman–Crippen MR) is 147 cm³/mol. The number of carbonyl (C=O) groups excluding carboxylic acids is 1. The van der Waals surface area contributed by atoms with Crippen molar-refractivity contribution in [2.24, 2.45) is 0 Å². The van der Waals surface area contributed by atoms with Crippen LogP contribution >= 0.6 is 34.8 Å². The molecule has 0 amide bonds. The van der Waals surface area contributed by atoms with Crippen LogP contribution in [0.1, 0.15) is 34.8 Å². The van der Waals surface area contributed by atoms with Crippen LogP contribution in [0.15, 0.2) is 84.9 Å². The van der Waals surface area contributed by atoms with Gasteiger partial charge in [0.05, 0.1) is 27.2 Å². The molecule has 0 aliphatic heterocycles. The normalized spacial score (nSPS) is 10.3. The maximum atomic E-state index is 12.5. The van der Waals surface area contributed by atoms with Crippen molar-refractivity contribution in [2.75, 3.05) is 6.61 Å². The van der Waals surface area contributed by atoms with Gasteiger partial charge in [-0.2, -0.15) is 0 Å². The van der Waals surface area contributed by atoms with Gasteiger partial charge in [0.25, 0.3) is 0 Å². The number of rotatable bonds is 6. The lowest BCUT2D eigenvalue weighted by Gasteiger charge is -2.08. The Morgan fingerprint density at radius 2 is 1.25 bits per heavy atom. The Morgan fingerprint density at radius 3 is 1.83 bits per heavy atom. The summed E-state index contributed by atoms with van der Waals surface area (Å²) in [6.45, 7) is 2.78. The molecule has 6 heteroatoms. The Balaban J connectivity index is 1.40. The van der Waals surface area contributed by atoms with E-state index >= 15 is 0 Å². The molecule has 180 valence electrons. The third-order valence-electron chi connectivity index (χ3n) is 5.19. The summed E-state index contributed by atoms with van der Waals surface area (Å²) in [7, 11) is 0. The fourth-order valence-electron chi connectivity index (χ4n) is 3.28. The minimum Gasteiger partial charge on any atom is -0.494 e. The molecule has 4 aromatic carbocycles. The van der Waals surface area contributed by atoms with Crippen LogP contribution in [-0.4, -0.2) is 12.6 Å². The third kappa shape index (κ3) is 6.62. The summed E-state index contributed by atoms with van der Waals surface area (Å²) in [6, 6.07) is 25.7. The van der Waals surface area contributed by atoms with Crippen molar-refractivity contribution in [3.63, 3.8) is 0 Å². The van der Waals surface area contributed by atoms with Gasteiger partial charge >= 0.3 is 5.97 Å². The fraction of sp³-hybridized carbons (Fsp3) is 0.100. The highest BCUT2D eigenvalue weighted by Crippen LogP contribution is 2.34. The molecule has 0 unspecified atom stereocenters. The fourth-order valence-corrected chi connectivity index (χ4v) is 3.86. The van der Waals surface area contributed by atoms with Crippen LogP contribution in [-0.2, 0) is 0 Å². The van der Waals surface area contributed by atoms with E-state index in [1.807, 2.05) is 60.7 Å². The maximum absolute atomic E-state index is 12.5. The van der Waals surface area contributed by atoms with E-state index in [9.17, 15) is 4.79 Å². The van der Waals surface area contributed by atoms with E-state index < -0.39 is 5.97 Å². The molecule has 4 aromatic rings. The highest BCUT2D eigenvalue weighted by atomic mass is 35.5. The summed E-state index contributed by atoms with van der Waals surface area (Å²) in [4.78, 5) is 12.5. The summed E-state index contributed by atoms with van der Waals surface area (Å²) >= 11 is 18.0. The smallest absolute Gasteiger partial charge is 0.343 e. The summed E-state index contributed by atoms with van der Waals surface area (Å²) < 4.78 is 11.0. The molecule has 0 radical (unpaired) electrons. The van der Waals surface area contributed by atoms with Crippen LogP contribution < -0.4 is 9.47 Å². The van der Waals surface area contributed by atoms with Crippen molar-refractivity contribution < 1.29 is 14.3 Å². The molecule has 0 aliphatic rings. The molecule has 4 rings (SSSR count). The van der Waals surface area contributed by atoms with Gasteiger partial charge in [0.15, 0.2) is 5.75 Å². The number of hydrogen-bond acceptors (Lipinski definition) is 3. The molecular formula is C30H21Cl3O3. The summed E-state index contributed by atoms with van der Waals surface area (Å²) in [5.41, 5.74) is 4.18. The van der Waals surface area contributed by atoms with E-state index in [-0.39, 0.29) is 20.8 Å². The van der Waals surface area contributed by atoms with Crippen molar-refractivity contribution in [2.45, 2.75) is 13.3 Å². The lowest BCUT2D eigenvalue weighted by atomic mass is 10.0. The summed E-state index contributed by atoms with van der Waals surface area (Å²) in [5.74, 6) is 6.81. The largest absolute Gasteiger partial charge is 0.494 e. The van der Waals surface area contributed by atoms with E-state index in [1.165, 1.54) is 12.1 Å². The highest BCUT2D eigenvalue weighted by molar-refractivity contribution is 6.43. The van der Waals surface area contributed by atoms with Gasteiger partial charge in [-0.25, -0.2) is 4.79 Å². The Bertz CT molecular complexity index is 1420. The van der Waals surface area contributed by atoms with Crippen LogP contribution in [0.25, 0.3) is 11.1 Å². The van der Waals surface area contributed by atoms with Gasteiger partial charge in [-0.05, 0) is 72.1 Å². The molecule has 36 heavy (non-hydrogen) atoms. The molecule has 0 atom stereocenters. The maximum Gasteiger partial charge on any atom is 0.343 e. The molecule has 0 fully saturated rings. The Morgan fingerprint density at radius 1 is 0.722 bits per heavy atom. The predicted octanol–water partition coefficient (Wildman–Crippen LogP) is 8.72. The van der Waals surface area contributed by atoms with Crippen molar-refractivity contribution >= 4 is 40.8 Å². The van der Waals surface area contributed by atoms with E-state index in [1.54, 1.807) is 12.1 Å². The lowest BCUT2D eigenvalue weighted by Crippen LogP contribution is -2.08. The quantitative estimate of drug-likeness (QED) is 0.107. The van der Waals surface area contributed by atoms with Crippen LogP contribution in [0.2, 0.25) is 15.1 Å². The third-order valence-corrected chi connectivity index (χ3v) is 6.21. The second kappa shape index (κ2) is 12.0. The van der Waals surface area contributed by atoms with Crippen molar-refractivity contribution in [3.05, 3.63) is 117 Å². The first-order valence-corrected chi connectivity index (χ1v) is 12.4. The first-order valence-electron chi connectivity index (χ1n) is 11.2. The zero-order chi connectivity index (χ0) is 25.5. The van der Waals surface area contributed by atoms with Crippen molar-refractivity contribution in [1.29, 1.82) is 0 Å². The lowest BCUT2D eigenvalue weighted by molar-refractivity contribution is 0.0735. The van der Waals surface area contributed by atoms with Crippen molar-refractivity contribution in [3.8, 4) is 34.5 Å². The second-order valence-corrected chi connectivity index (χ2v) is 9.09. The van der Waals surface area contributed by atoms with Crippen LogP contribution in [0.5, 0.6) is 11.5 Å². The molecule has 0 spiro atoms. The van der Waals surface area contributed by atoms with Gasteiger partial charge in [-0.1, -0.05) is 77.8 Å². The standard InChI is InChI=1S/C30H21Cl3O3/c1-2-17-35-25-15-7-21(8-16-25)4-3-20-5-9-22(10-6-20)23-11-13-24(14-12-23)30(34)36-29-19-27(32)26(31)18-28(29)33/h5-16,18-19H,2,17H2,1H3. The van der Waals surface area contributed by atoms with Gasteiger partial charge in [-0.3, -0.25) is 0 Å². The van der Waals surface area contributed by atoms with Gasteiger partial charge in [0, 0.05) is 17.2 Å². The summed E-state index contributed by atoms with van der Waals surface area (Å²) in [5, 5.41) is 0.743. The van der Waals surface area contributed by atoms with Crippen molar-refractivity contribution in [1.82, 2.24) is 0 Å². The molecular weight excluding hydrogens is 515 g/mol. The van der Waals surface area contributed by atoms with Crippen LogP contribution in [0.4, 0.5) is 0 Å². The first-order chi connectivity index (χ1) is 17.4. The van der Waals surface area contributed by atoms with Gasteiger partial charge in [-0.15, -0.1) is 0 Å². The zero-order valence-electron chi connectivity index (χ0n) is 19.4. The zero-order valence-corrected chi connectivity index (χ0v) is 21.6. The molecule has 0 saturated heterocycles. The van der Waals surface area contributed by atoms with E-state index in [4.69, 9.17) is 44.3 Å². The van der Waals surface area contributed by atoms with E-state index in [2.05, 4.69) is 18.8 Å². The molecule has 0 bridgehead atoms. The molecule has 0 saturated carbocycles. The van der Waals surface area contributed by atoms with Gasteiger partial charge in [0.1, 0.15) is 5.75 Å². The number of halogens is 3. The minimum absolute atomic E-state index is 0.151. The average molecular weight is 536 g/mol. The SMILES string of the molecule is CCCOc1ccc(C#Cc2ccc(-c3ccc(C(=O)Oc4cc(Cl)c(Cl)cc4Cl)cc3)cc2)cc1. The monoisotopic (exact) mass is 534 g/mol. The molecule has 0 heterocycles. The number of benzene rings is 4. The summed E-state index contributed by atoms with van der Waals surface area (Å²) in [6.07, 6.45) is 0.976. The van der Waals surface area contributed by atoms with Gasteiger partial charge in [0.2, 0.25) is 0 Å². The van der Waals surface area contributed by atoms with Gasteiger partial charge < -0.3 is 9.47 Å². The molecule has 0 aromatic heterocycles. The first kappa shape index (κ1) is 25.7. The number of hydrogen-bond donors (Lipinski definition) is 0. The average Bonchev–Trinajstić information content (AvgIpc) is 2.90. The Kier molecular flexibility index (Phi) is 8.57. The van der Waals surface area contributed by atoms with E-state index in [0.717, 1.165) is 34.4 Å². The van der Waals surface area contributed by atoms with Crippen LogP contribution in [0.3, 0.4) is 0 Å². The molecule has 0 N–H and O–H groups in total. The second-order valence-electron chi connectivity index (χ2n) is 7.86.